The Hall–Kier alpha value is -1.51. The van der Waals surface area contributed by atoms with Crippen molar-refractivity contribution in [2.45, 2.75) is 13.5 Å². The molecule has 0 aliphatic rings. The number of carbonyl (C=O) groups is 1. The minimum atomic E-state index is -1.10. The predicted molar refractivity (Wildman–Crippen MR) is 59.7 cm³/mol. The average molecular weight is 259 g/mol. The number of aliphatic hydroxyl groups excluding tert-OH is 3. The summed E-state index contributed by atoms with van der Waals surface area (Å²) in [6.45, 7) is 0.733. The highest BCUT2D eigenvalue weighted by molar-refractivity contribution is 5.86. The van der Waals surface area contributed by atoms with Gasteiger partial charge in [0.25, 0.3) is 0 Å². The molecule has 0 aromatic carbocycles. The molecule has 0 amide bonds. The highest BCUT2D eigenvalue weighted by Crippen LogP contribution is 2.17. The van der Waals surface area contributed by atoms with E-state index in [4.69, 9.17) is 20.1 Å². The van der Waals surface area contributed by atoms with Crippen molar-refractivity contribution >= 4 is 5.97 Å². The number of aromatic nitrogens is 3. The molecule has 0 unspecified atom stereocenters. The first-order valence-electron chi connectivity index (χ1n) is 5.50. The number of hydrogen-bond acceptors (Lipinski definition) is 7. The lowest BCUT2D eigenvalue weighted by molar-refractivity contribution is -0.00952. The molecule has 0 radical (unpaired) electrons. The van der Waals surface area contributed by atoms with Crippen molar-refractivity contribution in [2.75, 3.05) is 26.4 Å². The molecular weight excluding hydrogens is 242 g/mol. The summed E-state index contributed by atoms with van der Waals surface area (Å²) in [5, 5.41) is 34.8. The van der Waals surface area contributed by atoms with E-state index in [1.807, 2.05) is 0 Å². The van der Waals surface area contributed by atoms with Crippen LogP contribution in [0.15, 0.2) is 6.20 Å². The summed E-state index contributed by atoms with van der Waals surface area (Å²) < 4.78 is 6.02. The minimum absolute atomic E-state index is 0.0413. The number of aliphatic hydroxyl groups is 3. The van der Waals surface area contributed by atoms with Crippen molar-refractivity contribution in [3.8, 4) is 0 Å². The molecule has 102 valence electrons. The lowest BCUT2D eigenvalue weighted by Gasteiger charge is -2.26. The van der Waals surface area contributed by atoms with Gasteiger partial charge in [0.15, 0.2) is 5.69 Å². The first-order chi connectivity index (χ1) is 8.60. The third-order valence-corrected chi connectivity index (χ3v) is 2.53. The Morgan fingerprint density at radius 2 is 2.00 bits per heavy atom. The van der Waals surface area contributed by atoms with Crippen molar-refractivity contribution in [1.82, 2.24) is 15.0 Å². The summed E-state index contributed by atoms with van der Waals surface area (Å²) in [6, 6.07) is 0. The number of ether oxygens (including phenoxy) is 1. The Kier molecular flexibility index (Phi) is 5.20. The Balaban J connectivity index is 2.77. The van der Waals surface area contributed by atoms with Gasteiger partial charge in [0.2, 0.25) is 0 Å². The lowest BCUT2D eigenvalue weighted by atomic mass is 9.91. The fraction of sp³-hybridized carbons (Fsp3) is 0.700. The van der Waals surface area contributed by atoms with Crippen molar-refractivity contribution in [3.05, 3.63) is 11.9 Å². The van der Waals surface area contributed by atoms with Crippen LogP contribution in [0.5, 0.6) is 0 Å². The van der Waals surface area contributed by atoms with E-state index in [0.29, 0.717) is 0 Å². The van der Waals surface area contributed by atoms with Crippen molar-refractivity contribution in [1.29, 1.82) is 0 Å². The number of rotatable bonds is 7. The fourth-order valence-electron chi connectivity index (χ4n) is 1.32. The van der Waals surface area contributed by atoms with E-state index in [9.17, 15) is 4.79 Å². The summed E-state index contributed by atoms with van der Waals surface area (Å²) >= 11 is 0. The summed E-state index contributed by atoms with van der Waals surface area (Å²) in [5.74, 6) is -0.591. The molecule has 18 heavy (non-hydrogen) atoms. The monoisotopic (exact) mass is 259 g/mol. The van der Waals surface area contributed by atoms with Gasteiger partial charge in [-0.1, -0.05) is 5.21 Å². The molecule has 0 aliphatic heterocycles. The Morgan fingerprint density at radius 1 is 1.39 bits per heavy atom. The van der Waals surface area contributed by atoms with Crippen LogP contribution in [0.1, 0.15) is 17.4 Å². The topological polar surface area (TPSA) is 118 Å². The first kappa shape index (κ1) is 14.6. The smallest absolute Gasteiger partial charge is 0.360 e. The maximum Gasteiger partial charge on any atom is 0.360 e. The van der Waals surface area contributed by atoms with Gasteiger partial charge in [-0.25, -0.2) is 4.79 Å². The van der Waals surface area contributed by atoms with Gasteiger partial charge in [-0.2, -0.15) is 0 Å². The van der Waals surface area contributed by atoms with Crippen molar-refractivity contribution < 1.29 is 24.9 Å². The fourth-order valence-corrected chi connectivity index (χ4v) is 1.32. The van der Waals surface area contributed by atoms with Gasteiger partial charge < -0.3 is 20.1 Å². The van der Waals surface area contributed by atoms with Gasteiger partial charge in [0.05, 0.1) is 44.6 Å². The molecule has 3 N–H and O–H groups in total. The van der Waals surface area contributed by atoms with Gasteiger partial charge in [0, 0.05) is 0 Å². The molecule has 0 fully saturated rings. The number of carbonyl (C=O) groups excluding carboxylic acids is 1. The highest BCUT2D eigenvalue weighted by atomic mass is 16.5. The van der Waals surface area contributed by atoms with Crippen LogP contribution in [-0.2, 0) is 11.3 Å². The van der Waals surface area contributed by atoms with E-state index in [-0.39, 0.29) is 18.8 Å². The van der Waals surface area contributed by atoms with Crippen LogP contribution in [0.4, 0.5) is 0 Å². The standard InChI is InChI=1S/C10H17N3O5/c1-2-18-9(17)8-3-13(12-11-8)4-10(5-14,6-15)7-16/h3,14-16H,2,4-7H2,1H3. The average Bonchev–Trinajstić information content (AvgIpc) is 2.85. The first-order valence-corrected chi connectivity index (χ1v) is 5.50. The van der Waals surface area contributed by atoms with Crippen LogP contribution < -0.4 is 0 Å². The van der Waals surface area contributed by atoms with Gasteiger partial charge in [-0.05, 0) is 6.92 Å². The molecule has 1 rings (SSSR count). The highest BCUT2D eigenvalue weighted by Gasteiger charge is 2.29. The van der Waals surface area contributed by atoms with Crippen molar-refractivity contribution in [2.24, 2.45) is 5.41 Å². The molecule has 0 spiro atoms. The van der Waals surface area contributed by atoms with Gasteiger partial charge in [0.1, 0.15) is 0 Å². The molecular formula is C10H17N3O5. The van der Waals surface area contributed by atoms with Gasteiger partial charge in [-0.3, -0.25) is 4.68 Å². The number of hydrogen-bond donors (Lipinski definition) is 3. The van der Waals surface area contributed by atoms with Gasteiger partial charge in [-0.15, -0.1) is 5.10 Å². The third-order valence-electron chi connectivity index (χ3n) is 2.53. The maximum atomic E-state index is 11.3. The predicted octanol–water partition coefficient (Wildman–Crippen LogP) is -1.58. The third kappa shape index (κ3) is 3.25. The zero-order valence-electron chi connectivity index (χ0n) is 10.1. The van der Waals surface area contributed by atoms with E-state index in [2.05, 4.69) is 10.3 Å². The van der Waals surface area contributed by atoms with E-state index < -0.39 is 31.2 Å². The van der Waals surface area contributed by atoms with E-state index in [1.165, 1.54) is 10.9 Å². The van der Waals surface area contributed by atoms with Crippen LogP contribution in [0.3, 0.4) is 0 Å². The molecule has 1 heterocycles. The summed E-state index contributed by atoms with van der Waals surface area (Å²) in [5.41, 5.74) is -1.06. The van der Waals surface area contributed by atoms with Crippen LogP contribution in [-0.4, -0.2) is 62.7 Å². The van der Waals surface area contributed by atoms with E-state index in [0.717, 1.165) is 0 Å². The zero-order chi connectivity index (χ0) is 13.6. The molecule has 0 saturated heterocycles. The molecule has 1 aromatic heterocycles. The number of esters is 1. The second kappa shape index (κ2) is 6.43. The molecule has 1 aromatic rings. The number of nitrogens with zero attached hydrogens (tertiary/aromatic N) is 3. The van der Waals surface area contributed by atoms with E-state index >= 15 is 0 Å². The second-order valence-electron chi connectivity index (χ2n) is 4.00. The summed E-state index contributed by atoms with van der Waals surface area (Å²) in [7, 11) is 0. The second-order valence-corrected chi connectivity index (χ2v) is 4.00. The zero-order valence-corrected chi connectivity index (χ0v) is 10.1. The van der Waals surface area contributed by atoms with Crippen LogP contribution >= 0.6 is 0 Å². The summed E-state index contributed by atoms with van der Waals surface area (Å²) in [4.78, 5) is 11.3. The molecule has 0 bridgehead atoms. The molecule has 0 atom stereocenters. The van der Waals surface area contributed by atoms with Crippen molar-refractivity contribution in [3.63, 3.8) is 0 Å². The molecule has 0 saturated carbocycles. The Labute approximate surface area is 104 Å². The van der Waals surface area contributed by atoms with Crippen LogP contribution in [0.2, 0.25) is 0 Å². The normalized spacial score (nSPS) is 11.6. The van der Waals surface area contributed by atoms with E-state index in [1.54, 1.807) is 6.92 Å². The lowest BCUT2D eigenvalue weighted by Crippen LogP contribution is -2.38. The molecule has 0 aliphatic carbocycles. The Bertz CT molecular complexity index is 380. The minimum Gasteiger partial charge on any atom is -0.461 e. The summed E-state index contributed by atoms with van der Waals surface area (Å²) in [6.07, 6.45) is 1.34. The molecule has 8 nitrogen and oxygen atoms in total. The SMILES string of the molecule is CCOC(=O)c1cn(CC(CO)(CO)CO)nn1. The molecule has 8 heteroatoms. The van der Waals surface area contributed by atoms with Crippen LogP contribution in [0.25, 0.3) is 0 Å². The van der Waals surface area contributed by atoms with Gasteiger partial charge >= 0.3 is 5.97 Å². The maximum absolute atomic E-state index is 11.3. The largest absolute Gasteiger partial charge is 0.461 e. The quantitative estimate of drug-likeness (QED) is 0.506. The Morgan fingerprint density at radius 3 is 2.50 bits per heavy atom. The van der Waals surface area contributed by atoms with Crippen LogP contribution in [0, 0.1) is 5.41 Å².